The van der Waals surface area contributed by atoms with Gasteiger partial charge in [-0.1, -0.05) is 140 Å². The topological polar surface area (TPSA) is 40.0 Å². The molecule has 0 N–H and O–H groups in total. The molecule has 5 heteroatoms. The molecule has 0 amide bonds. The summed E-state index contributed by atoms with van der Waals surface area (Å²) in [5, 5.41) is 4.57. The highest BCUT2D eigenvalue weighted by Crippen LogP contribution is 2.46. The maximum Gasteiger partial charge on any atom is 0.238 e. The molecule has 3 aromatic heterocycles. The van der Waals surface area contributed by atoms with Crippen molar-refractivity contribution < 1.29 is 0 Å². The summed E-state index contributed by atoms with van der Waals surface area (Å²) in [6, 6.07) is 60.6. The number of fused-ring (bicyclic) bond motifs is 7. The number of benzene rings is 7. The Balaban J connectivity index is 1.39. The van der Waals surface area contributed by atoms with E-state index in [1.165, 1.54) is 10.8 Å². The summed E-state index contributed by atoms with van der Waals surface area (Å²) in [4.78, 5) is 14.4. The van der Waals surface area contributed by atoms with Gasteiger partial charge in [-0.2, -0.15) is 0 Å². The molecule has 0 fully saturated rings. The normalized spacial score (nSPS) is 11.4. The highest BCUT2D eigenvalue weighted by molar-refractivity contribution is 6.27. The largest absolute Gasteiger partial charge is 0.309 e. The molecule has 0 aliphatic rings. The minimum atomic E-state index is 0.425. The van der Waals surface area contributed by atoms with E-state index >= 15 is 0 Å². The lowest BCUT2D eigenvalue weighted by atomic mass is 10.0. The third-order valence-corrected chi connectivity index (χ3v) is 9.94. The lowest BCUT2D eigenvalue weighted by Crippen LogP contribution is -2.00. The minimum absolute atomic E-state index is 0.425. The van der Waals surface area contributed by atoms with E-state index in [-0.39, 0.29) is 0 Å². The van der Waals surface area contributed by atoms with Crippen LogP contribution in [-0.2, 0) is 0 Å². The quantitative estimate of drug-likeness (QED) is 0.172. The third kappa shape index (κ3) is 4.49. The molecule has 7 aromatic carbocycles. The minimum Gasteiger partial charge on any atom is -0.309 e. The van der Waals surface area contributed by atoms with Gasteiger partial charge in [-0.15, -0.1) is 0 Å². The Morgan fingerprint density at radius 2 is 0.981 bits per heavy atom. The Bertz CT molecular complexity index is 2990. The van der Waals surface area contributed by atoms with E-state index in [9.17, 15) is 0 Å². The van der Waals surface area contributed by atoms with Gasteiger partial charge in [0.1, 0.15) is 0 Å². The number of hydrogen-bond donors (Lipinski definition) is 0. The molecule has 0 atom stereocenters. The molecule has 52 heavy (non-hydrogen) atoms. The SMILES string of the molecule is [C-]#[N+]c1c(-c2ccccc2)nc(-c2ccccc2)nc1-c1cccc2c3ccc4c(c5ccccc5n4-c4ccccc4)c3n(-c3ccccc3)c12. The molecular formula is C47H29N5. The lowest BCUT2D eigenvalue weighted by molar-refractivity contribution is 1.17. The van der Waals surface area contributed by atoms with Crippen LogP contribution in [0.4, 0.5) is 5.69 Å². The number of nitrogens with zero attached hydrogens (tertiary/aromatic N) is 5. The van der Waals surface area contributed by atoms with Crippen molar-refractivity contribution in [3.8, 4) is 45.3 Å². The van der Waals surface area contributed by atoms with Crippen LogP contribution < -0.4 is 0 Å². The molecule has 0 radical (unpaired) electrons. The molecule has 242 valence electrons. The standard InChI is InChI=1S/C47H29N5/c1-48-44-42(31-17-6-2-7-18-31)49-47(32-19-8-3-9-20-32)50-43(44)38-27-16-26-35-36-29-30-40-41(46(36)52(45(35)38)34-23-12-5-13-24-34)37-25-14-15-28-39(37)51(40)33-21-10-4-11-22-33/h2-30H. The van der Waals surface area contributed by atoms with Gasteiger partial charge < -0.3 is 9.13 Å². The molecule has 0 saturated heterocycles. The maximum atomic E-state index is 8.55. The Hall–Kier alpha value is -7.29. The van der Waals surface area contributed by atoms with Crippen molar-refractivity contribution in [3.05, 3.63) is 187 Å². The van der Waals surface area contributed by atoms with Crippen molar-refractivity contribution >= 4 is 49.3 Å². The van der Waals surface area contributed by atoms with Gasteiger partial charge in [0.05, 0.1) is 40.0 Å². The highest BCUT2D eigenvalue weighted by atomic mass is 15.0. The van der Waals surface area contributed by atoms with Gasteiger partial charge in [-0.05, 0) is 42.0 Å². The molecule has 0 aliphatic carbocycles. The number of para-hydroxylation sites is 4. The number of aromatic nitrogens is 4. The fraction of sp³-hybridized carbons (Fsp3) is 0. The van der Waals surface area contributed by atoms with E-state index in [1.54, 1.807) is 0 Å². The Morgan fingerprint density at radius 1 is 0.423 bits per heavy atom. The van der Waals surface area contributed by atoms with Gasteiger partial charge in [0.2, 0.25) is 5.69 Å². The predicted molar refractivity (Wildman–Crippen MR) is 213 cm³/mol. The molecular weight excluding hydrogens is 635 g/mol. The summed E-state index contributed by atoms with van der Waals surface area (Å²) in [7, 11) is 0. The first-order valence-electron chi connectivity index (χ1n) is 17.3. The first kappa shape index (κ1) is 29.6. The summed E-state index contributed by atoms with van der Waals surface area (Å²) in [5.74, 6) is 0.578. The van der Waals surface area contributed by atoms with E-state index in [0.29, 0.717) is 22.9 Å². The molecule has 0 saturated carbocycles. The van der Waals surface area contributed by atoms with Crippen LogP contribution in [-0.4, -0.2) is 19.1 Å². The molecule has 0 bridgehead atoms. The average Bonchev–Trinajstić information content (AvgIpc) is 3.75. The second-order valence-electron chi connectivity index (χ2n) is 12.9. The van der Waals surface area contributed by atoms with E-state index < -0.39 is 0 Å². The first-order valence-corrected chi connectivity index (χ1v) is 17.3. The molecule has 0 aliphatic heterocycles. The van der Waals surface area contributed by atoms with Crippen LogP contribution in [0, 0.1) is 6.57 Å². The molecule has 0 unspecified atom stereocenters. The van der Waals surface area contributed by atoms with Crippen molar-refractivity contribution in [1.82, 2.24) is 19.1 Å². The van der Waals surface area contributed by atoms with Gasteiger partial charge in [-0.25, -0.2) is 14.8 Å². The van der Waals surface area contributed by atoms with Crippen LogP contribution in [0.1, 0.15) is 0 Å². The highest BCUT2D eigenvalue weighted by Gasteiger charge is 2.25. The molecule has 3 heterocycles. The van der Waals surface area contributed by atoms with E-state index in [4.69, 9.17) is 16.5 Å². The van der Waals surface area contributed by atoms with Crippen LogP contribution in [0.2, 0.25) is 0 Å². The summed E-state index contributed by atoms with van der Waals surface area (Å²) in [6.07, 6.45) is 0. The predicted octanol–water partition coefficient (Wildman–Crippen LogP) is 12.2. The fourth-order valence-electron chi connectivity index (χ4n) is 7.75. The van der Waals surface area contributed by atoms with Crippen LogP contribution in [0.5, 0.6) is 0 Å². The zero-order chi connectivity index (χ0) is 34.6. The fourth-order valence-corrected chi connectivity index (χ4v) is 7.75. The maximum absolute atomic E-state index is 8.55. The summed E-state index contributed by atoms with van der Waals surface area (Å²) >= 11 is 0. The van der Waals surface area contributed by atoms with Gasteiger partial charge in [0, 0.05) is 44.0 Å². The van der Waals surface area contributed by atoms with Crippen molar-refractivity contribution in [1.29, 1.82) is 0 Å². The van der Waals surface area contributed by atoms with Crippen molar-refractivity contribution in [2.24, 2.45) is 0 Å². The van der Waals surface area contributed by atoms with Crippen molar-refractivity contribution in [2.75, 3.05) is 0 Å². The Morgan fingerprint density at radius 3 is 1.67 bits per heavy atom. The van der Waals surface area contributed by atoms with E-state index in [0.717, 1.165) is 60.9 Å². The van der Waals surface area contributed by atoms with Gasteiger partial charge >= 0.3 is 0 Å². The van der Waals surface area contributed by atoms with Gasteiger partial charge in [0.25, 0.3) is 0 Å². The summed E-state index contributed by atoms with van der Waals surface area (Å²) < 4.78 is 4.74. The average molecular weight is 664 g/mol. The number of hydrogen-bond acceptors (Lipinski definition) is 2. The lowest BCUT2D eigenvalue weighted by Gasteiger charge is -2.15. The van der Waals surface area contributed by atoms with Crippen LogP contribution in [0.15, 0.2) is 176 Å². The molecule has 10 aromatic rings. The van der Waals surface area contributed by atoms with Crippen LogP contribution in [0.25, 0.3) is 93.7 Å². The van der Waals surface area contributed by atoms with E-state index in [2.05, 4.69) is 129 Å². The smallest absolute Gasteiger partial charge is 0.238 e. The zero-order valence-electron chi connectivity index (χ0n) is 28.0. The summed E-state index contributed by atoms with van der Waals surface area (Å²) in [5.41, 5.74) is 10.8. The van der Waals surface area contributed by atoms with Gasteiger partial charge in [0.15, 0.2) is 5.82 Å². The van der Waals surface area contributed by atoms with Crippen LogP contribution >= 0.6 is 0 Å². The van der Waals surface area contributed by atoms with Crippen molar-refractivity contribution in [3.63, 3.8) is 0 Å². The van der Waals surface area contributed by atoms with Crippen molar-refractivity contribution in [2.45, 2.75) is 0 Å². The van der Waals surface area contributed by atoms with Crippen LogP contribution in [0.3, 0.4) is 0 Å². The molecule has 5 nitrogen and oxygen atoms in total. The second kappa shape index (κ2) is 11.9. The second-order valence-corrected chi connectivity index (χ2v) is 12.9. The molecule has 0 spiro atoms. The van der Waals surface area contributed by atoms with E-state index in [1.807, 2.05) is 60.7 Å². The Kier molecular flexibility index (Phi) is 6.80. The summed E-state index contributed by atoms with van der Waals surface area (Å²) in [6.45, 7) is 8.55. The monoisotopic (exact) mass is 663 g/mol. The zero-order valence-corrected chi connectivity index (χ0v) is 28.0. The van der Waals surface area contributed by atoms with Gasteiger partial charge in [-0.3, -0.25) is 0 Å². The third-order valence-electron chi connectivity index (χ3n) is 9.94. The first-order chi connectivity index (χ1) is 25.8. The number of rotatable bonds is 5. The Labute approximate surface area is 300 Å². The molecule has 10 rings (SSSR count).